The van der Waals surface area contributed by atoms with Gasteiger partial charge in [0.05, 0.1) is 11.3 Å². The number of nitrogens with one attached hydrogen (secondary N) is 1. The summed E-state index contributed by atoms with van der Waals surface area (Å²) in [6.07, 6.45) is 0.162. The van der Waals surface area contributed by atoms with Crippen LogP contribution >= 0.6 is 11.6 Å². The van der Waals surface area contributed by atoms with Crippen LogP contribution in [0.1, 0.15) is 11.1 Å². The summed E-state index contributed by atoms with van der Waals surface area (Å²) in [4.78, 5) is 26.4. The zero-order valence-electron chi connectivity index (χ0n) is 12.0. The molecular weight excluding hydrogens is 316 g/mol. The first-order valence-corrected chi connectivity index (χ1v) is 7.31. The van der Waals surface area contributed by atoms with Gasteiger partial charge in [-0.25, -0.2) is 9.36 Å². The average Bonchev–Trinajstić information content (AvgIpc) is 2.52. The quantitative estimate of drug-likeness (QED) is 0.775. The molecule has 0 fully saturated rings. The molecule has 2 aromatic carbocycles. The topological polar surface area (TPSA) is 75.1 Å². The van der Waals surface area contributed by atoms with E-state index < -0.39 is 11.2 Å². The van der Waals surface area contributed by atoms with Gasteiger partial charge in [0, 0.05) is 11.4 Å². The van der Waals surface area contributed by atoms with Crippen LogP contribution in [0.25, 0.3) is 5.69 Å². The summed E-state index contributed by atoms with van der Waals surface area (Å²) in [5, 5.41) is 11.0. The van der Waals surface area contributed by atoms with Crippen LogP contribution in [-0.2, 0) is 6.42 Å². The van der Waals surface area contributed by atoms with Gasteiger partial charge in [0.15, 0.2) is 0 Å². The first-order chi connectivity index (χ1) is 11.1. The molecule has 3 rings (SSSR count). The molecule has 0 unspecified atom stereocenters. The Morgan fingerprint density at radius 1 is 1.04 bits per heavy atom. The lowest BCUT2D eigenvalue weighted by Crippen LogP contribution is -2.31. The van der Waals surface area contributed by atoms with Gasteiger partial charge in [-0.2, -0.15) is 0 Å². The number of H-pyrrole nitrogens is 1. The molecule has 0 saturated carbocycles. The Hall–Kier alpha value is -2.79. The number of nitrogens with zero attached hydrogens (tertiary/aromatic N) is 1. The number of hydrogen-bond donors (Lipinski definition) is 2. The fraction of sp³-hybridized carbons (Fsp3) is 0.0588. The van der Waals surface area contributed by atoms with Gasteiger partial charge in [0.25, 0.3) is 5.56 Å². The van der Waals surface area contributed by atoms with E-state index >= 15 is 0 Å². The van der Waals surface area contributed by atoms with Crippen molar-refractivity contribution < 1.29 is 5.11 Å². The molecule has 0 atom stereocenters. The smallest absolute Gasteiger partial charge is 0.335 e. The predicted octanol–water partition coefficient (Wildman–Crippen LogP) is 2.48. The number of aromatic hydroxyl groups is 1. The summed E-state index contributed by atoms with van der Waals surface area (Å²) in [6, 6.07) is 15.6. The molecule has 3 aromatic rings. The maximum absolute atomic E-state index is 12.1. The highest BCUT2D eigenvalue weighted by molar-refractivity contribution is 6.30. The molecule has 2 N–H and O–H groups in total. The van der Waals surface area contributed by atoms with Crippen molar-refractivity contribution in [1.29, 1.82) is 0 Å². The average molecular weight is 329 g/mol. The standard InChI is InChI=1S/C17H13ClN2O3/c18-12-6-4-5-11(9-12)10-14-15(21)19-17(23)20(16(14)22)13-7-2-1-3-8-13/h1-9,22H,10H2,(H,19,21,23). The maximum atomic E-state index is 12.1. The Morgan fingerprint density at radius 2 is 1.78 bits per heavy atom. The Labute approximate surface area is 136 Å². The number of aromatic amines is 1. The zero-order valence-corrected chi connectivity index (χ0v) is 12.7. The highest BCUT2D eigenvalue weighted by atomic mass is 35.5. The van der Waals surface area contributed by atoms with Gasteiger partial charge in [-0.3, -0.25) is 9.78 Å². The minimum Gasteiger partial charge on any atom is -0.494 e. The van der Waals surface area contributed by atoms with Gasteiger partial charge in [-0.05, 0) is 29.8 Å². The van der Waals surface area contributed by atoms with E-state index in [-0.39, 0.29) is 17.9 Å². The molecule has 0 aliphatic carbocycles. The third kappa shape index (κ3) is 3.05. The van der Waals surface area contributed by atoms with E-state index in [1.165, 1.54) is 0 Å². The van der Waals surface area contributed by atoms with Gasteiger partial charge < -0.3 is 5.11 Å². The summed E-state index contributed by atoms with van der Waals surface area (Å²) in [6.45, 7) is 0. The van der Waals surface area contributed by atoms with E-state index in [2.05, 4.69) is 4.98 Å². The van der Waals surface area contributed by atoms with Crippen LogP contribution < -0.4 is 11.2 Å². The molecule has 116 valence electrons. The van der Waals surface area contributed by atoms with Gasteiger partial charge in [0.1, 0.15) is 0 Å². The second-order valence-electron chi connectivity index (χ2n) is 5.04. The fourth-order valence-electron chi connectivity index (χ4n) is 2.39. The van der Waals surface area contributed by atoms with Crippen molar-refractivity contribution in [2.24, 2.45) is 0 Å². The molecule has 23 heavy (non-hydrogen) atoms. The Kier molecular flexibility index (Phi) is 4.04. The normalized spacial score (nSPS) is 10.7. The van der Waals surface area contributed by atoms with Crippen molar-refractivity contribution in [3.8, 4) is 11.6 Å². The summed E-state index contributed by atoms with van der Waals surface area (Å²) in [7, 11) is 0. The Balaban J connectivity index is 2.15. The van der Waals surface area contributed by atoms with Crippen molar-refractivity contribution in [2.75, 3.05) is 0 Å². The van der Waals surface area contributed by atoms with Crippen LogP contribution in [0.3, 0.4) is 0 Å². The van der Waals surface area contributed by atoms with E-state index in [1.807, 2.05) is 0 Å². The van der Waals surface area contributed by atoms with E-state index in [1.54, 1.807) is 54.6 Å². The number of rotatable bonds is 3. The molecule has 1 heterocycles. The van der Waals surface area contributed by atoms with E-state index in [0.29, 0.717) is 10.7 Å². The van der Waals surface area contributed by atoms with Crippen LogP contribution in [0.5, 0.6) is 5.88 Å². The van der Waals surface area contributed by atoms with Crippen LogP contribution in [-0.4, -0.2) is 14.7 Å². The maximum Gasteiger partial charge on any atom is 0.335 e. The highest BCUT2D eigenvalue weighted by Crippen LogP contribution is 2.20. The number of hydrogen-bond acceptors (Lipinski definition) is 3. The van der Waals surface area contributed by atoms with Gasteiger partial charge in [0.2, 0.25) is 5.88 Å². The lowest BCUT2D eigenvalue weighted by molar-refractivity contribution is 0.424. The summed E-state index contributed by atoms with van der Waals surface area (Å²) in [5.41, 5.74) is 0.0408. The fourth-order valence-corrected chi connectivity index (χ4v) is 2.60. The minimum atomic E-state index is -0.687. The van der Waals surface area contributed by atoms with E-state index in [4.69, 9.17) is 11.6 Å². The van der Waals surface area contributed by atoms with Gasteiger partial charge in [-0.1, -0.05) is 41.9 Å². The molecule has 0 bridgehead atoms. The third-order valence-corrected chi connectivity index (χ3v) is 3.70. The van der Waals surface area contributed by atoms with Gasteiger partial charge >= 0.3 is 5.69 Å². The van der Waals surface area contributed by atoms with E-state index in [0.717, 1.165) is 10.1 Å². The van der Waals surface area contributed by atoms with Gasteiger partial charge in [-0.15, -0.1) is 0 Å². The SMILES string of the molecule is O=c1[nH]c(=O)n(-c2ccccc2)c(O)c1Cc1cccc(Cl)c1. The first kappa shape index (κ1) is 15.1. The van der Waals surface area contributed by atoms with Crippen LogP contribution in [0, 0.1) is 0 Å². The predicted molar refractivity (Wildman–Crippen MR) is 88.6 cm³/mol. The number of halogens is 1. The van der Waals surface area contributed by atoms with Crippen LogP contribution in [0.4, 0.5) is 0 Å². The first-order valence-electron chi connectivity index (χ1n) is 6.93. The molecule has 0 amide bonds. The molecule has 1 aromatic heterocycles. The molecule has 0 aliphatic heterocycles. The molecule has 0 aliphatic rings. The second-order valence-corrected chi connectivity index (χ2v) is 5.48. The molecule has 0 radical (unpaired) electrons. The van der Waals surface area contributed by atoms with Crippen molar-refractivity contribution >= 4 is 11.6 Å². The molecule has 6 heteroatoms. The Bertz CT molecular complexity index is 962. The van der Waals surface area contributed by atoms with Crippen molar-refractivity contribution in [3.05, 3.63) is 91.6 Å². The largest absolute Gasteiger partial charge is 0.494 e. The van der Waals surface area contributed by atoms with Crippen molar-refractivity contribution in [2.45, 2.75) is 6.42 Å². The summed E-state index contributed by atoms with van der Waals surface area (Å²) < 4.78 is 1.07. The molecule has 0 saturated heterocycles. The van der Waals surface area contributed by atoms with Crippen LogP contribution in [0.15, 0.2) is 64.2 Å². The lowest BCUT2D eigenvalue weighted by Gasteiger charge is -2.11. The minimum absolute atomic E-state index is 0.107. The van der Waals surface area contributed by atoms with Crippen LogP contribution in [0.2, 0.25) is 5.02 Å². The summed E-state index contributed by atoms with van der Waals surface area (Å²) in [5.74, 6) is -0.370. The summed E-state index contributed by atoms with van der Waals surface area (Å²) >= 11 is 5.94. The number of para-hydroxylation sites is 1. The monoisotopic (exact) mass is 328 g/mol. The zero-order chi connectivity index (χ0) is 16.4. The third-order valence-electron chi connectivity index (χ3n) is 3.46. The lowest BCUT2D eigenvalue weighted by atomic mass is 10.1. The molecular formula is C17H13ClN2O3. The van der Waals surface area contributed by atoms with E-state index in [9.17, 15) is 14.7 Å². The highest BCUT2D eigenvalue weighted by Gasteiger charge is 2.15. The van der Waals surface area contributed by atoms with Crippen molar-refractivity contribution in [3.63, 3.8) is 0 Å². The molecule has 0 spiro atoms. The Morgan fingerprint density at radius 3 is 2.48 bits per heavy atom. The number of benzene rings is 2. The number of aromatic nitrogens is 2. The second kappa shape index (κ2) is 6.14. The molecule has 5 nitrogen and oxygen atoms in total. The van der Waals surface area contributed by atoms with Crippen molar-refractivity contribution in [1.82, 2.24) is 9.55 Å².